The summed E-state index contributed by atoms with van der Waals surface area (Å²) < 4.78 is 5.03. The van der Waals surface area contributed by atoms with Crippen molar-refractivity contribution in [3.8, 4) is 0 Å². The minimum absolute atomic E-state index is 0.00329. The third-order valence-corrected chi connectivity index (χ3v) is 1.54. The Morgan fingerprint density at radius 3 is 2.67 bits per heavy atom. The van der Waals surface area contributed by atoms with Gasteiger partial charge in [-0.2, -0.15) is 0 Å². The van der Waals surface area contributed by atoms with E-state index in [1.165, 1.54) is 6.92 Å². The lowest BCUT2D eigenvalue weighted by atomic mass is 10.1. The van der Waals surface area contributed by atoms with Gasteiger partial charge in [0.2, 0.25) is 0 Å². The van der Waals surface area contributed by atoms with Gasteiger partial charge in [-0.05, 0) is 31.2 Å². The SMILES string of the molecule is COC1=CC=C=CC=C1C(C)=O. The van der Waals surface area contributed by atoms with Crippen LogP contribution in [0.4, 0.5) is 0 Å². The summed E-state index contributed by atoms with van der Waals surface area (Å²) in [7, 11) is 1.54. The number of allylic oxidation sites excluding steroid dienone is 4. The van der Waals surface area contributed by atoms with Gasteiger partial charge in [0.25, 0.3) is 0 Å². The molecule has 62 valence electrons. The Kier molecular flexibility index (Phi) is 2.67. The molecule has 1 aliphatic carbocycles. The molecule has 0 aromatic heterocycles. The minimum Gasteiger partial charge on any atom is -0.496 e. The Hall–Kier alpha value is -1.53. The lowest BCUT2D eigenvalue weighted by Crippen LogP contribution is -2.01. The Labute approximate surface area is 71.5 Å². The molecule has 2 nitrogen and oxygen atoms in total. The quantitative estimate of drug-likeness (QED) is 0.578. The average Bonchev–Trinajstić information content (AvgIpc) is 2.27. The first-order valence-corrected chi connectivity index (χ1v) is 3.64. The van der Waals surface area contributed by atoms with Crippen molar-refractivity contribution in [2.75, 3.05) is 7.11 Å². The molecule has 0 unspecified atom stereocenters. The predicted molar refractivity (Wildman–Crippen MR) is 46.5 cm³/mol. The molecule has 1 rings (SSSR count). The van der Waals surface area contributed by atoms with Crippen molar-refractivity contribution in [1.29, 1.82) is 0 Å². The zero-order chi connectivity index (χ0) is 8.97. The molecule has 0 aromatic rings. The van der Waals surface area contributed by atoms with Gasteiger partial charge in [0.15, 0.2) is 5.78 Å². The van der Waals surface area contributed by atoms with Crippen molar-refractivity contribution in [1.82, 2.24) is 0 Å². The van der Waals surface area contributed by atoms with Crippen molar-refractivity contribution in [3.05, 3.63) is 41.4 Å². The molecule has 1 aliphatic rings. The Bertz CT molecular complexity index is 313. The second-order valence-corrected chi connectivity index (χ2v) is 2.37. The van der Waals surface area contributed by atoms with Gasteiger partial charge < -0.3 is 4.74 Å². The van der Waals surface area contributed by atoms with Crippen LogP contribution < -0.4 is 0 Å². The van der Waals surface area contributed by atoms with Crippen molar-refractivity contribution < 1.29 is 9.53 Å². The maximum absolute atomic E-state index is 11.1. The van der Waals surface area contributed by atoms with E-state index in [1.807, 2.05) is 0 Å². The van der Waals surface area contributed by atoms with Crippen LogP contribution in [0.25, 0.3) is 0 Å². The van der Waals surface area contributed by atoms with E-state index in [-0.39, 0.29) is 5.78 Å². The lowest BCUT2D eigenvalue weighted by molar-refractivity contribution is -0.113. The highest BCUT2D eigenvalue weighted by Gasteiger charge is 2.09. The van der Waals surface area contributed by atoms with Crippen molar-refractivity contribution in [2.24, 2.45) is 0 Å². The zero-order valence-corrected chi connectivity index (χ0v) is 7.13. The molecular formula is C10H10O2. The van der Waals surface area contributed by atoms with E-state index >= 15 is 0 Å². The topological polar surface area (TPSA) is 26.3 Å². The van der Waals surface area contributed by atoms with Crippen LogP contribution in [-0.2, 0) is 9.53 Å². The molecule has 0 atom stereocenters. The van der Waals surface area contributed by atoms with E-state index in [9.17, 15) is 4.79 Å². The number of ether oxygens (including phenoxy) is 1. The molecule has 0 aliphatic heterocycles. The van der Waals surface area contributed by atoms with E-state index < -0.39 is 0 Å². The summed E-state index contributed by atoms with van der Waals surface area (Å²) in [5.74, 6) is 0.584. The first kappa shape index (κ1) is 8.57. The maximum Gasteiger partial charge on any atom is 0.163 e. The highest BCUT2D eigenvalue weighted by atomic mass is 16.5. The smallest absolute Gasteiger partial charge is 0.163 e. The largest absolute Gasteiger partial charge is 0.496 e. The fraction of sp³-hybridized carbons (Fsp3) is 0.200. The fourth-order valence-electron chi connectivity index (χ4n) is 0.952. The standard InChI is InChI=1S/C10H10O2/c1-8(11)9-6-4-3-5-7-10(9)12-2/h4-7H,1-2H3. The normalized spacial score (nSPS) is 14.8. The Morgan fingerprint density at radius 2 is 2.08 bits per heavy atom. The van der Waals surface area contributed by atoms with Crippen LogP contribution in [0.15, 0.2) is 41.4 Å². The molecule has 0 heterocycles. The van der Waals surface area contributed by atoms with E-state index in [0.29, 0.717) is 11.3 Å². The van der Waals surface area contributed by atoms with E-state index in [2.05, 4.69) is 5.73 Å². The number of hydrogen-bond acceptors (Lipinski definition) is 2. The van der Waals surface area contributed by atoms with E-state index in [0.717, 1.165) is 0 Å². The average molecular weight is 162 g/mol. The monoisotopic (exact) mass is 162 g/mol. The van der Waals surface area contributed by atoms with Crippen LogP contribution in [-0.4, -0.2) is 12.9 Å². The minimum atomic E-state index is -0.00329. The third kappa shape index (κ3) is 1.74. The summed E-state index contributed by atoms with van der Waals surface area (Å²) in [6.07, 6.45) is 6.82. The third-order valence-electron chi connectivity index (χ3n) is 1.54. The number of ketones is 1. The van der Waals surface area contributed by atoms with Crippen molar-refractivity contribution in [2.45, 2.75) is 6.92 Å². The Morgan fingerprint density at radius 1 is 1.42 bits per heavy atom. The van der Waals surface area contributed by atoms with Gasteiger partial charge in [0.1, 0.15) is 5.76 Å². The van der Waals surface area contributed by atoms with Gasteiger partial charge in [-0.3, -0.25) is 4.79 Å². The number of Topliss-reactive ketones (excluding diaryl/α,β-unsaturated/α-hetero) is 1. The first-order valence-electron chi connectivity index (χ1n) is 3.64. The van der Waals surface area contributed by atoms with Crippen LogP contribution in [0.5, 0.6) is 0 Å². The van der Waals surface area contributed by atoms with E-state index in [4.69, 9.17) is 4.74 Å². The first-order chi connectivity index (χ1) is 5.75. The number of carbonyl (C=O) groups excluding carboxylic acids is 1. The molecule has 0 spiro atoms. The predicted octanol–water partition coefficient (Wildman–Crippen LogP) is 1.76. The Balaban J connectivity index is 3.05. The maximum atomic E-state index is 11.1. The fourth-order valence-corrected chi connectivity index (χ4v) is 0.952. The van der Waals surface area contributed by atoms with Gasteiger partial charge >= 0.3 is 0 Å². The molecule has 0 bridgehead atoms. The van der Waals surface area contributed by atoms with Crippen LogP contribution in [0.1, 0.15) is 6.92 Å². The molecular weight excluding hydrogens is 152 g/mol. The van der Waals surface area contributed by atoms with Crippen molar-refractivity contribution >= 4 is 5.78 Å². The van der Waals surface area contributed by atoms with Crippen LogP contribution >= 0.6 is 0 Å². The van der Waals surface area contributed by atoms with Gasteiger partial charge in [-0.25, -0.2) is 0 Å². The van der Waals surface area contributed by atoms with Crippen LogP contribution in [0.2, 0.25) is 0 Å². The second kappa shape index (κ2) is 3.74. The number of rotatable bonds is 2. The summed E-state index contributed by atoms with van der Waals surface area (Å²) in [4.78, 5) is 11.1. The van der Waals surface area contributed by atoms with Gasteiger partial charge in [0, 0.05) is 0 Å². The molecule has 0 amide bonds. The summed E-state index contributed by atoms with van der Waals surface area (Å²) in [5, 5.41) is 0. The highest BCUT2D eigenvalue weighted by molar-refractivity contribution is 5.97. The number of hydrogen-bond donors (Lipinski definition) is 0. The lowest BCUT2D eigenvalue weighted by Gasteiger charge is -2.05. The van der Waals surface area contributed by atoms with Crippen molar-refractivity contribution in [3.63, 3.8) is 0 Å². The van der Waals surface area contributed by atoms with Gasteiger partial charge in [-0.1, -0.05) is 0 Å². The van der Waals surface area contributed by atoms with E-state index in [1.54, 1.807) is 31.4 Å². The summed E-state index contributed by atoms with van der Waals surface area (Å²) in [6.45, 7) is 1.51. The molecule has 12 heavy (non-hydrogen) atoms. The number of methoxy groups -OCH3 is 1. The molecule has 0 saturated heterocycles. The van der Waals surface area contributed by atoms with Gasteiger partial charge in [0.05, 0.1) is 12.7 Å². The molecule has 2 heteroatoms. The zero-order valence-electron chi connectivity index (χ0n) is 7.13. The molecule has 0 N–H and O–H groups in total. The molecule has 0 radical (unpaired) electrons. The summed E-state index contributed by atoms with van der Waals surface area (Å²) >= 11 is 0. The summed E-state index contributed by atoms with van der Waals surface area (Å²) in [5.41, 5.74) is 3.44. The molecule has 0 saturated carbocycles. The van der Waals surface area contributed by atoms with Gasteiger partial charge in [-0.15, -0.1) is 5.73 Å². The highest BCUT2D eigenvalue weighted by Crippen LogP contribution is 2.13. The summed E-state index contributed by atoms with van der Waals surface area (Å²) in [6, 6.07) is 0. The van der Waals surface area contributed by atoms with Crippen LogP contribution in [0, 0.1) is 0 Å². The molecule has 0 fully saturated rings. The second-order valence-electron chi connectivity index (χ2n) is 2.37. The number of carbonyl (C=O) groups is 1. The molecule has 0 aromatic carbocycles. The van der Waals surface area contributed by atoms with Crippen LogP contribution in [0.3, 0.4) is 0 Å².